The van der Waals surface area contributed by atoms with Gasteiger partial charge in [-0.25, -0.2) is 0 Å². The average Bonchev–Trinajstić information content (AvgIpc) is 3.40. The standard InChI is InChI=1S/C29H24N4O3S2/c1-35-25-14-8-11-22(19-25)30-27(34)26(20-9-4-2-5-10-20)37-29-33-32-28(38-29)31-21-15-17-24(18-16-21)36-23-12-6-3-7-13-23/h2-19,26H,1H3,(H,30,34)(H,31,32). The lowest BCUT2D eigenvalue weighted by atomic mass is 10.1. The number of thioether (sulfide) groups is 1. The monoisotopic (exact) mass is 540 g/mol. The molecule has 1 atom stereocenters. The van der Waals surface area contributed by atoms with E-state index < -0.39 is 5.25 Å². The third-order valence-corrected chi connectivity index (χ3v) is 7.56. The molecule has 0 aliphatic heterocycles. The van der Waals surface area contributed by atoms with E-state index >= 15 is 0 Å². The van der Waals surface area contributed by atoms with Crippen molar-refractivity contribution in [3.63, 3.8) is 0 Å². The fraction of sp³-hybridized carbons (Fsp3) is 0.0690. The van der Waals surface area contributed by atoms with Crippen LogP contribution in [-0.4, -0.2) is 23.2 Å². The lowest BCUT2D eigenvalue weighted by Gasteiger charge is -2.16. The molecule has 0 bridgehead atoms. The summed E-state index contributed by atoms with van der Waals surface area (Å²) >= 11 is 2.74. The van der Waals surface area contributed by atoms with Crippen LogP contribution >= 0.6 is 23.1 Å². The molecule has 5 aromatic rings. The SMILES string of the molecule is COc1cccc(NC(=O)C(Sc2nnc(Nc3ccc(Oc4ccccc4)cc3)s2)c2ccccc2)c1. The highest BCUT2D eigenvalue weighted by Gasteiger charge is 2.24. The van der Waals surface area contributed by atoms with Crippen LogP contribution in [0, 0.1) is 0 Å². The van der Waals surface area contributed by atoms with Gasteiger partial charge in [-0.2, -0.15) is 0 Å². The zero-order chi connectivity index (χ0) is 26.2. The van der Waals surface area contributed by atoms with E-state index in [2.05, 4.69) is 20.8 Å². The van der Waals surface area contributed by atoms with Crippen molar-refractivity contribution < 1.29 is 14.3 Å². The maximum Gasteiger partial charge on any atom is 0.242 e. The van der Waals surface area contributed by atoms with Gasteiger partial charge in [-0.15, -0.1) is 10.2 Å². The maximum absolute atomic E-state index is 13.3. The van der Waals surface area contributed by atoms with Crippen molar-refractivity contribution >= 4 is 45.5 Å². The number of nitrogens with one attached hydrogen (secondary N) is 2. The quantitative estimate of drug-likeness (QED) is 0.177. The van der Waals surface area contributed by atoms with E-state index in [0.717, 1.165) is 22.7 Å². The molecular formula is C29H24N4O3S2. The van der Waals surface area contributed by atoms with Gasteiger partial charge >= 0.3 is 0 Å². The van der Waals surface area contributed by atoms with E-state index in [0.29, 0.717) is 20.9 Å². The zero-order valence-electron chi connectivity index (χ0n) is 20.4. The van der Waals surface area contributed by atoms with Gasteiger partial charge in [-0.05, 0) is 54.1 Å². The molecule has 0 saturated carbocycles. The summed E-state index contributed by atoms with van der Waals surface area (Å²) in [6, 6.07) is 34.1. The number of benzene rings is 4. The largest absolute Gasteiger partial charge is 0.497 e. The van der Waals surface area contributed by atoms with Gasteiger partial charge in [0.15, 0.2) is 4.34 Å². The molecule has 190 valence electrons. The number of rotatable bonds is 10. The lowest BCUT2D eigenvalue weighted by molar-refractivity contribution is -0.115. The number of ether oxygens (including phenoxy) is 2. The van der Waals surface area contributed by atoms with Crippen LogP contribution in [0.15, 0.2) is 114 Å². The first kappa shape index (κ1) is 25.3. The van der Waals surface area contributed by atoms with Crippen molar-refractivity contribution in [2.75, 3.05) is 17.7 Å². The Hall–Kier alpha value is -4.34. The van der Waals surface area contributed by atoms with Crippen molar-refractivity contribution in [2.45, 2.75) is 9.59 Å². The molecule has 1 unspecified atom stereocenters. The van der Waals surface area contributed by atoms with Gasteiger partial charge in [0.1, 0.15) is 22.5 Å². The van der Waals surface area contributed by atoms with Crippen molar-refractivity contribution in [1.82, 2.24) is 10.2 Å². The van der Waals surface area contributed by atoms with Gasteiger partial charge in [0.05, 0.1) is 7.11 Å². The van der Waals surface area contributed by atoms with Crippen LogP contribution in [0.1, 0.15) is 10.8 Å². The van der Waals surface area contributed by atoms with E-state index in [1.54, 1.807) is 13.2 Å². The number of carbonyl (C=O) groups is 1. The summed E-state index contributed by atoms with van der Waals surface area (Å²) in [6.07, 6.45) is 0. The Labute approximate surface area is 228 Å². The Morgan fingerprint density at radius 3 is 2.21 bits per heavy atom. The normalized spacial score (nSPS) is 11.4. The first-order valence-electron chi connectivity index (χ1n) is 11.8. The second-order valence-corrected chi connectivity index (χ2v) is 10.4. The van der Waals surface area contributed by atoms with Gasteiger partial charge in [-0.3, -0.25) is 4.79 Å². The van der Waals surface area contributed by atoms with Crippen LogP contribution in [0.5, 0.6) is 17.2 Å². The molecular weight excluding hydrogens is 516 g/mol. The van der Waals surface area contributed by atoms with Crippen molar-refractivity contribution in [1.29, 1.82) is 0 Å². The highest BCUT2D eigenvalue weighted by molar-refractivity contribution is 8.02. The third kappa shape index (κ3) is 6.70. The van der Waals surface area contributed by atoms with Gasteiger partial charge in [0, 0.05) is 17.4 Å². The number of carbonyl (C=O) groups excluding carboxylic acids is 1. The molecule has 0 fully saturated rings. The van der Waals surface area contributed by atoms with Crippen molar-refractivity contribution in [3.8, 4) is 17.2 Å². The van der Waals surface area contributed by atoms with E-state index in [-0.39, 0.29) is 5.91 Å². The Bertz CT molecular complexity index is 1480. The fourth-order valence-electron chi connectivity index (χ4n) is 3.57. The smallest absolute Gasteiger partial charge is 0.242 e. The molecule has 0 saturated heterocycles. The highest BCUT2D eigenvalue weighted by atomic mass is 32.2. The Kier molecular flexibility index (Phi) is 8.17. The van der Waals surface area contributed by atoms with Gasteiger partial charge in [0.2, 0.25) is 11.0 Å². The number of nitrogens with zero attached hydrogens (tertiary/aromatic N) is 2. The fourth-order valence-corrected chi connectivity index (χ4v) is 5.54. The number of amides is 1. The number of methoxy groups -OCH3 is 1. The van der Waals surface area contributed by atoms with Crippen LogP contribution in [0.25, 0.3) is 0 Å². The molecule has 1 heterocycles. The number of aromatic nitrogens is 2. The van der Waals surface area contributed by atoms with Gasteiger partial charge in [0.25, 0.3) is 0 Å². The second-order valence-electron chi connectivity index (χ2n) is 8.07. The molecule has 0 aliphatic carbocycles. The van der Waals surface area contributed by atoms with Crippen molar-refractivity contribution in [2.24, 2.45) is 0 Å². The summed E-state index contributed by atoms with van der Waals surface area (Å²) in [4.78, 5) is 13.3. The number of hydrogen-bond acceptors (Lipinski definition) is 8. The predicted molar refractivity (Wildman–Crippen MR) is 153 cm³/mol. The predicted octanol–water partition coefficient (Wildman–Crippen LogP) is 7.55. The van der Waals surface area contributed by atoms with Crippen molar-refractivity contribution in [3.05, 3.63) is 115 Å². The van der Waals surface area contributed by atoms with Crippen LogP contribution < -0.4 is 20.1 Å². The highest BCUT2D eigenvalue weighted by Crippen LogP contribution is 2.39. The summed E-state index contributed by atoms with van der Waals surface area (Å²) < 4.78 is 11.8. The lowest BCUT2D eigenvalue weighted by Crippen LogP contribution is -2.19. The van der Waals surface area contributed by atoms with Crippen LogP contribution in [0.2, 0.25) is 0 Å². The molecule has 0 spiro atoms. The number of hydrogen-bond donors (Lipinski definition) is 2. The van der Waals surface area contributed by atoms with E-state index in [9.17, 15) is 4.79 Å². The molecule has 1 amide bonds. The number of anilines is 3. The maximum atomic E-state index is 13.3. The zero-order valence-corrected chi connectivity index (χ0v) is 22.0. The Morgan fingerprint density at radius 1 is 0.789 bits per heavy atom. The van der Waals surface area contributed by atoms with E-state index in [4.69, 9.17) is 9.47 Å². The number of para-hydroxylation sites is 1. The van der Waals surface area contributed by atoms with Crippen LogP contribution in [-0.2, 0) is 4.79 Å². The Morgan fingerprint density at radius 2 is 1.47 bits per heavy atom. The first-order chi connectivity index (χ1) is 18.7. The first-order valence-corrected chi connectivity index (χ1v) is 13.5. The summed E-state index contributed by atoms with van der Waals surface area (Å²) in [7, 11) is 1.59. The van der Waals surface area contributed by atoms with Crippen LogP contribution in [0.4, 0.5) is 16.5 Å². The Balaban J connectivity index is 1.26. The second kappa shape index (κ2) is 12.3. The summed E-state index contributed by atoms with van der Waals surface area (Å²) in [5.41, 5.74) is 2.39. The minimum atomic E-state index is -0.516. The molecule has 9 heteroatoms. The molecule has 7 nitrogen and oxygen atoms in total. The molecule has 4 aromatic carbocycles. The van der Waals surface area contributed by atoms with Crippen LogP contribution in [0.3, 0.4) is 0 Å². The van der Waals surface area contributed by atoms with Gasteiger partial charge in [-0.1, -0.05) is 77.7 Å². The van der Waals surface area contributed by atoms with E-state index in [1.165, 1.54) is 23.1 Å². The molecule has 0 radical (unpaired) electrons. The molecule has 38 heavy (non-hydrogen) atoms. The average molecular weight is 541 g/mol. The summed E-state index contributed by atoms with van der Waals surface area (Å²) in [5, 5.41) is 15.0. The third-order valence-electron chi connectivity index (χ3n) is 5.39. The molecule has 0 aliphatic rings. The summed E-state index contributed by atoms with van der Waals surface area (Å²) in [6.45, 7) is 0. The molecule has 1 aromatic heterocycles. The summed E-state index contributed by atoms with van der Waals surface area (Å²) in [5.74, 6) is 2.03. The molecule has 2 N–H and O–H groups in total. The minimum Gasteiger partial charge on any atom is -0.497 e. The molecule has 5 rings (SSSR count). The topological polar surface area (TPSA) is 85.4 Å². The minimum absolute atomic E-state index is 0.159. The van der Waals surface area contributed by atoms with Gasteiger partial charge < -0.3 is 20.1 Å². The van der Waals surface area contributed by atoms with E-state index in [1.807, 2.05) is 103 Å².